The number of rotatable bonds is 3. The highest BCUT2D eigenvalue weighted by molar-refractivity contribution is 7.99. The van der Waals surface area contributed by atoms with E-state index in [2.05, 4.69) is 35.7 Å². The fourth-order valence-corrected chi connectivity index (χ4v) is 3.58. The van der Waals surface area contributed by atoms with Crippen LogP contribution in [-0.4, -0.2) is 13.2 Å². The number of hydrogen-bond acceptors (Lipinski definition) is 4. The minimum atomic E-state index is -0.148. The second kappa shape index (κ2) is 5.23. The summed E-state index contributed by atoms with van der Waals surface area (Å²) in [6.07, 6.45) is -0.148. The Morgan fingerprint density at radius 3 is 2.59 bits per heavy atom. The van der Waals surface area contributed by atoms with Gasteiger partial charge in [0, 0.05) is 15.2 Å². The van der Waals surface area contributed by atoms with Crippen LogP contribution in [0.4, 0.5) is 0 Å². The van der Waals surface area contributed by atoms with Gasteiger partial charge in [-0.25, -0.2) is 0 Å². The van der Waals surface area contributed by atoms with Gasteiger partial charge in [-0.1, -0.05) is 30.0 Å². The van der Waals surface area contributed by atoms with E-state index >= 15 is 0 Å². The minimum Gasteiger partial charge on any atom is -0.345 e. The summed E-state index contributed by atoms with van der Waals surface area (Å²) >= 11 is 3.46. The lowest BCUT2D eigenvalue weighted by atomic mass is 10.4. The van der Waals surface area contributed by atoms with Crippen molar-refractivity contribution in [2.75, 3.05) is 13.2 Å². The van der Waals surface area contributed by atoms with E-state index < -0.39 is 0 Å². The van der Waals surface area contributed by atoms with Crippen LogP contribution in [0.1, 0.15) is 11.2 Å². The monoisotopic (exact) mass is 264 g/mol. The molecule has 0 saturated carbocycles. The molecule has 0 aliphatic carbocycles. The van der Waals surface area contributed by atoms with Crippen LogP contribution in [0.3, 0.4) is 0 Å². The molecule has 2 heterocycles. The summed E-state index contributed by atoms with van der Waals surface area (Å²) in [4.78, 5) is 3.65. The van der Waals surface area contributed by atoms with Gasteiger partial charge in [-0.15, -0.1) is 11.3 Å². The van der Waals surface area contributed by atoms with Gasteiger partial charge in [-0.2, -0.15) is 0 Å². The summed E-state index contributed by atoms with van der Waals surface area (Å²) in [5, 5.41) is 2.15. The molecular weight excluding hydrogens is 252 g/mol. The third-order valence-corrected chi connectivity index (χ3v) is 4.51. The molecule has 1 fully saturated rings. The van der Waals surface area contributed by atoms with Crippen LogP contribution in [0.25, 0.3) is 0 Å². The molecule has 2 nitrogen and oxygen atoms in total. The summed E-state index contributed by atoms with van der Waals surface area (Å²) in [5.41, 5.74) is 0. The molecule has 1 aliphatic rings. The molecule has 0 N–H and O–H groups in total. The Bertz CT molecular complexity index is 475. The third kappa shape index (κ3) is 2.72. The minimum absolute atomic E-state index is 0.148. The van der Waals surface area contributed by atoms with Crippen LogP contribution in [-0.2, 0) is 9.47 Å². The van der Waals surface area contributed by atoms with E-state index in [1.165, 1.54) is 9.79 Å². The summed E-state index contributed by atoms with van der Waals surface area (Å²) in [6, 6.07) is 12.5. The molecule has 3 rings (SSSR count). The molecule has 0 spiro atoms. The predicted octanol–water partition coefficient (Wildman–Crippen LogP) is 3.94. The standard InChI is InChI=1S/C13H12O2S2/c1-2-4-10(5-3-1)17-11-8-12(16-9-11)13-14-6-7-15-13/h1-5,8-9,13H,6-7H2. The molecule has 0 unspecified atom stereocenters. The average Bonchev–Trinajstić information content (AvgIpc) is 3.00. The van der Waals surface area contributed by atoms with E-state index in [-0.39, 0.29) is 6.29 Å². The molecular formula is C13H12O2S2. The first-order valence-corrected chi connectivity index (χ1v) is 7.16. The molecule has 0 amide bonds. The largest absolute Gasteiger partial charge is 0.345 e. The zero-order chi connectivity index (χ0) is 11.5. The van der Waals surface area contributed by atoms with Gasteiger partial charge in [-0.05, 0) is 18.2 Å². The maximum absolute atomic E-state index is 5.48. The van der Waals surface area contributed by atoms with Crippen LogP contribution < -0.4 is 0 Å². The van der Waals surface area contributed by atoms with Gasteiger partial charge < -0.3 is 9.47 Å². The van der Waals surface area contributed by atoms with Gasteiger partial charge in [0.1, 0.15) is 0 Å². The Morgan fingerprint density at radius 1 is 1.06 bits per heavy atom. The van der Waals surface area contributed by atoms with Gasteiger partial charge in [-0.3, -0.25) is 0 Å². The highest BCUT2D eigenvalue weighted by atomic mass is 32.2. The first kappa shape index (κ1) is 11.3. The molecule has 1 aliphatic heterocycles. The number of ether oxygens (including phenoxy) is 2. The Kier molecular flexibility index (Phi) is 3.47. The maximum atomic E-state index is 5.48. The molecule has 2 aromatic rings. The molecule has 1 aromatic carbocycles. The van der Waals surface area contributed by atoms with Gasteiger partial charge in [0.05, 0.1) is 18.1 Å². The van der Waals surface area contributed by atoms with Gasteiger partial charge in [0.25, 0.3) is 0 Å². The Hall–Kier alpha value is -0.810. The van der Waals surface area contributed by atoms with Gasteiger partial charge in [0.15, 0.2) is 6.29 Å². The topological polar surface area (TPSA) is 18.5 Å². The van der Waals surface area contributed by atoms with Crippen molar-refractivity contribution in [3.8, 4) is 0 Å². The van der Waals surface area contributed by atoms with Crippen LogP contribution in [0, 0.1) is 0 Å². The SMILES string of the molecule is c1ccc(Sc2csc(C3OCCO3)c2)cc1. The highest BCUT2D eigenvalue weighted by Crippen LogP contribution is 2.35. The molecule has 0 atom stereocenters. The zero-order valence-corrected chi connectivity index (χ0v) is 10.8. The molecule has 1 saturated heterocycles. The van der Waals surface area contributed by atoms with Crippen molar-refractivity contribution in [2.24, 2.45) is 0 Å². The van der Waals surface area contributed by atoms with E-state index in [1.807, 2.05) is 6.07 Å². The number of benzene rings is 1. The zero-order valence-electron chi connectivity index (χ0n) is 9.17. The first-order valence-electron chi connectivity index (χ1n) is 5.46. The van der Waals surface area contributed by atoms with Crippen molar-refractivity contribution in [3.05, 3.63) is 46.7 Å². The molecule has 0 bridgehead atoms. The van der Waals surface area contributed by atoms with E-state index in [4.69, 9.17) is 9.47 Å². The molecule has 88 valence electrons. The van der Waals surface area contributed by atoms with Gasteiger partial charge in [0.2, 0.25) is 0 Å². The second-order valence-corrected chi connectivity index (χ2v) is 5.76. The Morgan fingerprint density at radius 2 is 1.82 bits per heavy atom. The summed E-state index contributed by atoms with van der Waals surface area (Å²) in [7, 11) is 0. The van der Waals surface area contributed by atoms with Crippen molar-refractivity contribution in [2.45, 2.75) is 16.1 Å². The van der Waals surface area contributed by atoms with Gasteiger partial charge >= 0.3 is 0 Å². The Labute approximate surface area is 109 Å². The van der Waals surface area contributed by atoms with Crippen LogP contribution in [0.5, 0.6) is 0 Å². The number of thiophene rings is 1. The van der Waals surface area contributed by atoms with Crippen molar-refractivity contribution >= 4 is 23.1 Å². The van der Waals surface area contributed by atoms with Crippen molar-refractivity contribution in [3.63, 3.8) is 0 Å². The van der Waals surface area contributed by atoms with Crippen LogP contribution in [0.15, 0.2) is 51.6 Å². The summed E-state index contributed by atoms with van der Waals surface area (Å²) in [6.45, 7) is 1.40. The lowest BCUT2D eigenvalue weighted by Crippen LogP contribution is -1.93. The van der Waals surface area contributed by atoms with E-state index in [0.29, 0.717) is 13.2 Å². The second-order valence-electron chi connectivity index (χ2n) is 3.67. The summed E-state index contributed by atoms with van der Waals surface area (Å²) in [5.74, 6) is 0. The van der Waals surface area contributed by atoms with E-state index in [9.17, 15) is 0 Å². The quantitative estimate of drug-likeness (QED) is 0.836. The lowest BCUT2D eigenvalue weighted by Gasteiger charge is -2.04. The van der Waals surface area contributed by atoms with E-state index in [1.54, 1.807) is 23.1 Å². The highest BCUT2D eigenvalue weighted by Gasteiger charge is 2.20. The van der Waals surface area contributed by atoms with Crippen LogP contribution >= 0.6 is 23.1 Å². The van der Waals surface area contributed by atoms with Crippen molar-refractivity contribution in [1.82, 2.24) is 0 Å². The molecule has 4 heteroatoms. The molecule has 1 aromatic heterocycles. The predicted molar refractivity (Wildman–Crippen MR) is 69.5 cm³/mol. The molecule has 0 radical (unpaired) electrons. The van der Waals surface area contributed by atoms with Crippen molar-refractivity contribution < 1.29 is 9.47 Å². The molecule has 17 heavy (non-hydrogen) atoms. The number of hydrogen-bond donors (Lipinski definition) is 0. The fourth-order valence-electron chi connectivity index (χ4n) is 1.66. The first-order chi connectivity index (χ1) is 8.42. The van der Waals surface area contributed by atoms with Crippen LogP contribution in [0.2, 0.25) is 0 Å². The van der Waals surface area contributed by atoms with Crippen molar-refractivity contribution in [1.29, 1.82) is 0 Å². The lowest BCUT2D eigenvalue weighted by molar-refractivity contribution is -0.0414. The normalized spacial score (nSPS) is 16.5. The van der Waals surface area contributed by atoms with E-state index in [0.717, 1.165) is 4.88 Å². The Balaban J connectivity index is 1.72. The summed E-state index contributed by atoms with van der Waals surface area (Å²) < 4.78 is 11.0. The fraction of sp³-hybridized carbons (Fsp3) is 0.231. The maximum Gasteiger partial charge on any atom is 0.193 e. The smallest absolute Gasteiger partial charge is 0.193 e. The average molecular weight is 264 g/mol. The third-order valence-electron chi connectivity index (χ3n) is 2.43.